The Morgan fingerprint density at radius 3 is 2.41 bits per heavy atom. The molecule has 0 aliphatic heterocycles. The monoisotopic (exact) mass is 302 g/mol. The maximum atomic E-state index is 9.38. The van der Waals surface area contributed by atoms with Crippen LogP contribution in [-0.4, -0.2) is 38.4 Å². The van der Waals surface area contributed by atoms with Crippen LogP contribution < -0.4 is 0 Å². The van der Waals surface area contributed by atoms with E-state index in [-0.39, 0.29) is 12.6 Å². The third-order valence-electron chi connectivity index (χ3n) is 4.02. The number of aliphatic hydroxyl groups is 1. The largest absolute Gasteiger partial charge is 0.396 e. The summed E-state index contributed by atoms with van der Waals surface area (Å²) in [6, 6.07) is 10.5. The van der Waals surface area contributed by atoms with Gasteiger partial charge >= 0.3 is 0 Å². The second-order valence-electron chi connectivity index (χ2n) is 6.04. The molecular weight excluding hydrogens is 276 g/mol. The van der Waals surface area contributed by atoms with Crippen molar-refractivity contribution in [3.63, 3.8) is 0 Å². The van der Waals surface area contributed by atoms with Crippen LogP contribution in [0.5, 0.6) is 0 Å². The van der Waals surface area contributed by atoms with E-state index in [0.717, 1.165) is 11.6 Å². The molecule has 2 aromatic rings. The average Bonchev–Trinajstić information content (AvgIpc) is 2.87. The minimum absolute atomic E-state index is 0.167. The van der Waals surface area contributed by atoms with Crippen molar-refractivity contribution < 1.29 is 5.11 Å². The molecular formula is C17H26N4O. The Balaban J connectivity index is 2.16. The molecule has 1 N–H and O–H groups in total. The van der Waals surface area contributed by atoms with Crippen molar-refractivity contribution in [3.05, 3.63) is 47.5 Å². The number of rotatable bonds is 7. The first-order chi connectivity index (χ1) is 10.5. The van der Waals surface area contributed by atoms with Gasteiger partial charge in [0.05, 0.1) is 6.54 Å². The van der Waals surface area contributed by atoms with E-state index in [1.807, 2.05) is 25.2 Å². The average molecular weight is 302 g/mol. The molecule has 0 spiro atoms. The molecule has 2 rings (SSSR count). The predicted octanol–water partition coefficient (Wildman–Crippen LogP) is 2.49. The molecule has 1 atom stereocenters. The van der Waals surface area contributed by atoms with Crippen molar-refractivity contribution in [2.45, 2.75) is 38.8 Å². The van der Waals surface area contributed by atoms with E-state index in [0.29, 0.717) is 18.9 Å². The minimum atomic E-state index is 0.167. The van der Waals surface area contributed by atoms with Crippen molar-refractivity contribution in [3.8, 4) is 0 Å². The minimum Gasteiger partial charge on any atom is -0.396 e. The summed E-state index contributed by atoms with van der Waals surface area (Å²) in [4.78, 5) is 2.22. The molecule has 0 fully saturated rings. The topological polar surface area (TPSA) is 54.2 Å². The summed E-state index contributed by atoms with van der Waals surface area (Å²) in [6.45, 7) is 5.11. The van der Waals surface area contributed by atoms with Gasteiger partial charge in [-0.25, -0.2) is 0 Å². The first kappa shape index (κ1) is 16.6. The summed E-state index contributed by atoms with van der Waals surface area (Å²) in [5.74, 6) is 2.31. The van der Waals surface area contributed by atoms with Crippen LogP contribution in [0, 0.1) is 0 Å². The van der Waals surface area contributed by atoms with E-state index < -0.39 is 0 Å². The van der Waals surface area contributed by atoms with Gasteiger partial charge in [-0.15, -0.1) is 10.2 Å². The Kier molecular flexibility index (Phi) is 5.69. The van der Waals surface area contributed by atoms with Gasteiger partial charge in [0.1, 0.15) is 11.6 Å². The Labute approximate surface area is 132 Å². The van der Waals surface area contributed by atoms with Gasteiger partial charge < -0.3 is 9.67 Å². The standard InChI is InChI=1S/C17H26N4O/c1-13(2)17-19-18-16(21(17)4)12-20(3)15(10-11-22)14-8-6-5-7-9-14/h5-9,13,15,22H,10-12H2,1-4H3. The van der Waals surface area contributed by atoms with Gasteiger partial charge in [0.2, 0.25) is 0 Å². The fourth-order valence-electron chi connectivity index (χ4n) is 2.79. The number of aliphatic hydroxyl groups excluding tert-OH is 1. The Morgan fingerprint density at radius 1 is 1.18 bits per heavy atom. The van der Waals surface area contributed by atoms with E-state index >= 15 is 0 Å². The number of hydrogen-bond donors (Lipinski definition) is 1. The van der Waals surface area contributed by atoms with E-state index in [9.17, 15) is 5.11 Å². The maximum Gasteiger partial charge on any atom is 0.146 e. The number of benzene rings is 1. The van der Waals surface area contributed by atoms with Crippen LogP contribution in [0.4, 0.5) is 0 Å². The summed E-state index contributed by atoms with van der Waals surface area (Å²) in [5, 5.41) is 18.0. The van der Waals surface area contributed by atoms with E-state index in [1.165, 1.54) is 5.56 Å². The van der Waals surface area contributed by atoms with Gasteiger partial charge in [-0.2, -0.15) is 0 Å². The molecule has 5 heteroatoms. The van der Waals surface area contributed by atoms with Crippen LogP contribution in [0.3, 0.4) is 0 Å². The lowest BCUT2D eigenvalue weighted by Crippen LogP contribution is -2.26. The molecule has 0 amide bonds. The quantitative estimate of drug-likeness (QED) is 0.854. The van der Waals surface area contributed by atoms with Gasteiger partial charge in [-0.1, -0.05) is 44.2 Å². The highest BCUT2D eigenvalue weighted by atomic mass is 16.3. The molecule has 0 saturated carbocycles. The van der Waals surface area contributed by atoms with E-state index in [1.54, 1.807) is 0 Å². The number of nitrogens with zero attached hydrogens (tertiary/aromatic N) is 4. The summed E-state index contributed by atoms with van der Waals surface area (Å²) in [5.41, 5.74) is 1.21. The molecule has 0 aliphatic carbocycles. The van der Waals surface area contributed by atoms with Crippen molar-refractivity contribution in [2.24, 2.45) is 7.05 Å². The normalized spacial score (nSPS) is 13.0. The molecule has 1 aromatic heterocycles. The van der Waals surface area contributed by atoms with Crippen LogP contribution in [0.15, 0.2) is 30.3 Å². The number of aromatic nitrogens is 3. The van der Waals surface area contributed by atoms with Gasteiger partial charge in [-0.3, -0.25) is 4.90 Å². The lowest BCUT2D eigenvalue weighted by molar-refractivity contribution is 0.176. The van der Waals surface area contributed by atoms with Gasteiger partial charge in [0, 0.05) is 25.6 Å². The fourth-order valence-corrected chi connectivity index (χ4v) is 2.79. The van der Waals surface area contributed by atoms with E-state index in [2.05, 4.69) is 52.7 Å². The predicted molar refractivity (Wildman–Crippen MR) is 87.4 cm³/mol. The Morgan fingerprint density at radius 2 is 1.86 bits per heavy atom. The zero-order valence-corrected chi connectivity index (χ0v) is 13.9. The van der Waals surface area contributed by atoms with Gasteiger partial charge in [-0.05, 0) is 19.0 Å². The first-order valence-electron chi connectivity index (χ1n) is 7.78. The third-order valence-corrected chi connectivity index (χ3v) is 4.02. The number of hydrogen-bond acceptors (Lipinski definition) is 4. The van der Waals surface area contributed by atoms with Crippen LogP contribution >= 0.6 is 0 Å². The van der Waals surface area contributed by atoms with Crippen molar-refractivity contribution in [1.82, 2.24) is 19.7 Å². The Bertz CT molecular complexity index is 580. The van der Waals surface area contributed by atoms with Crippen molar-refractivity contribution in [2.75, 3.05) is 13.7 Å². The summed E-state index contributed by atoms with van der Waals surface area (Å²) < 4.78 is 2.07. The lowest BCUT2D eigenvalue weighted by atomic mass is 10.0. The molecule has 1 heterocycles. The molecule has 1 aromatic carbocycles. The first-order valence-corrected chi connectivity index (χ1v) is 7.78. The highest BCUT2D eigenvalue weighted by Gasteiger charge is 2.20. The molecule has 0 bridgehead atoms. The summed E-state index contributed by atoms with van der Waals surface area (Å²) in [7, 11) is 4.08. The molecule has 22 heavy (non-hydrogen) atoms. The molecule has 0 saturated heterocycles. The zero-order chi connectivity index (χ0) is 16.1. The van der Waals surface area contributed by atoms with Crippen LogP contribution in [0.2, 0.25) is 0 Å². The molecule has 0 radical (unpaired) electrons. The van der Waals surface area contributed by atoms with Crippen LogP contribution in [0.25, 0.3) is 0 Å². The molecule has 5 nitrogen and oxygen atoms in total. The maximum absolute atomic E-state index is 9.38. The van der Waals surface area contributed by atoms with Crippen molar-refractivity contribution in [1.29, 1.82) is 0 Å². The molecule has 120 valence electrons. The second-order valence-corrected chi connectivity index (χ2v) is 6.04. The summed E-state index contributed by atoms with van der Waals surface area (Å²) >= 11 is 0. The van der Waals surface area contributed by atoms with Crippen molar-refractivity contribution >= 4 is 0 Å². The zero-order valence-electron chi connectivity index (χ0n) is 13.9. The fraction of sp³-hybridized carbons (Fsp3) is 0.529. The second kappa shape index (κ2) is 7.51. The van der Waals surface area contributed by atoms with E-state index in [4.69, 9.17) is 0 Å². The third kappa shape index (κ3) is 3.72. The van der Waals surface area contributed by atoms with Gasteiger partial charge in [0.15, 0.2) is 0 Å². The molecule has 1 unspecified atom stereocenters. The SMILES string of the molecule is CC(C)c1nnc(CN(C)C(CCO)c2ccccc2)n1C. The summed E-state index contributed by atoms with van der Waals surface area (Å²) in [6.07, 6.45) is 0.704. The smallest absolute Gasteiger partial charge is 0.146 e. The molecule has 0 aliphatic rings. The highest BCUT2D eigenvalue weighted by Crippen LogP contribution is 2.24. The van der Waals surface area contributed by atoms with Gasteiger partial charge in [0.25, 0.3) is 0 Å². The highest BCUT2D eigenvalue weighted by molar-refractivity contribution is 5.19. The van der Waals surface area contributed by atoms with Crippen LogP contribution in [-0.2, 0) is 13.6 Å². The van der Waals surface area contributed by atoms with Crippen LogP contribution in [0.1, 0.15) is 49.4 Å². The Hall–Kier alpha value is -1.72. The lowest BCUT2D eigenvalue weighted by Gasteiger charge is -2.27.